The highest BCUT2D eigenvalue weighted by atomic mass is 15.3. The lowest BCUT2D eigenvalue weighted by molar-refractivity contribution is 0.342. The molecule has 0 aliphatic carbocycles. The Balaban J connectivity index is 2.30. The Labute approximate surface area is 65.1 Å². The number of fused-ring (bicyclic) bond motifs is 1. The summed E-state index contributed by atoms with van der Waals surface area (Å²) >= 11 is 0. The summed E-state index contributed by atoms with van der Waals surface area (Å²) in [5.41, 5.74) is 5.66. The molecular weight excluding hydrogens is 140 g/mol. The summed E-state index contributed by atoms with van der Waals surface area (Å²) in [6, 6.07) is 0. The van der Waals surface area contributed by atoms with E-state index in [2.05, 4.69) is 9.98 Å². The third kappa shape index (κ3) is 0.824. The average Bonchev–Trinajstić information content (AvgIpc) is 2.35. The molecule has 0 spiro atoms. The number of nitrogens with two attached hydrogens (primary N) is 1. The van der Waals surface area contributed by atoms with Crippen LogP contribution in [-0.2, 0) is 0 Å². The van der Waals surface area contributed by atoms with Gasteiger partial charge in [-0.25, -0.2) is 9.98 Å². The van der Waals surface area contributed by atoms with Crippen molar-refractivity contribution >= 4 is 12.2 Å². The molecule has 0 aromatic rings. The fraction of sp³-hybridized carbons (Fsp3) is 0.429. The Morgan fingerprint density at radius 3 is 3.18 bits per heavy atom. The molecule has 2 unspecified atom stereocenters. The lowest BCUT2D eigenvalue weighted by atomic mass is 10.1. The van der Waals surface area contributed by atoms with Gasteiger partial charge in [0.2, 0.25) is 0 Å². The number of nitrogens with zero attached hydrogens (tertiary/aromatic N) is 3. The van der Waals surface area contributed by atoms with Gasteiger partial charge in [0.25, 0.3) is 0 Å². The van der Waals surface area contributed by atoms with Gasteiger partial charge >= 0.3 is 0 Å². The van der Waals surface area contributed by atoms with E-state index in [4.69, 9.17) is 5.73 Å². The van der Waals surface area contributed by atoms with Crippen LogP contribution in [0.15, 0.2) is 22.3 Å². The fourth-order valence-electron chi connectivity index (χ4n) is 1.37. The van der Waals surface area contributed by atoms with Crippen LogP contribution in [0.25, 0.3) is 0 Å². The van der Waals surface area contributed by atoms with Gasteiger partial charge < -0.3 is 10.6 Å². The van der Waals surface area contributed by atoms with E-state index in [0.717, 1.165) is 0 Å². The minimum absolute atomic E-state index is 0.146. The Morgan fingerprint density at radius 1 is 1.64 bits per heavy atom. The predicted molar refractivity (Wildman–Crippen MR) is 44.3 cm³/mol. The summed E-state index contributed by atoms with van der Waals surface area (Å²) in [5, 5.41) is 0. The van der Waals surface area contributed by atoms with Crippen molar-refractivity contribution in [2.24, 2.45) is 21.6 Å². The van der Waals surface area contributed by atoms with Gasteiger partial charge in [0.15, 0.2) is 0 Å². The van der Waals surface area contributed by atoms with Gasteiger partial charge in [-0.05, 0) is 6.20 Å². The first kappa shape index (κ1) is 6.39. The van der Waals surface area contributed by atoms with Crippen molar-refractivity contribution in [1.82, 2.24) is 4.90 Å². The van der Waals surface area contributed by atoms with E-state index in [9.17, 15) is 0 Å². The van der Waals surface area contributed by atoms with E-state index in [0.29, 0.717) is 5.84 Å². The normalized spacial score (nSPS) is 33.9. The first-order chi connectivity index (χ1) is 5.29. The van der Waals surface area contributed by atoms with E-state index in [-0.39, 0.29) is 12.1 Å². The molecule has 0 amide bonds. The first-order valence-electron chi connectivity index (χ1n) is 3.54. The highest BCUT2D eigenvalue weighted by Gasteiger charge is 2.30. The lowest BCUT2D eigenvalue weighted by Gasteiger charge is -2.23. The van der Waals surface area contributed by atoms with Crippen molar-refractivity contribution in [2.45, 2.75) is 6.17 Å². The zero-order valence-electron chi connectivity index (χ0n) is 6.31. The molecule has 58 valence electrons. The highest BCUT2D eigenvalue weighted by Crippen LogP contribution is 2.22. The highest BCUT2D eigenvalue weighted by molar-refractivity contribution is 5.93. The van der Waals surface area contributed by atoms with Gasteiger partial charge in [-0.15, -0.1) is 0 Å². The molecule has 0 aromatic carbocycles. The zero-order valence-corrected chi connectivity index (χ0v) is 6.31. The summed E-state index contributed by atoms with van der Waals surface area (Å²) in [5.74, 6) is 0.843. The van der Waals surface area contributed by atoms with Gasteiger partial charge in [-0.3, -0.25) is 0 Å². The molecule has 2 rings (SSSR count). The molecule has 0 aromatic heterocycles. The molecule has 2 atom stereocenters. The number of hydrogen-bond donors (Lipinski definition) is 1. The van der Waals surface area contributed by atoms with Gasteiger partial charge in [0.1, 0.15) is 18.3 Å². The SMILES string of the molecule is CN1C=CC2C(N)=NC=NC21. The Kier molecular flexibility index (Phi) is 1.21. The Bertz CT molecular complexity index is 253. The van der Waals surface area contributed by atoms with Crippen LogP contribution in [0, 0.1) is 5.92 Å². The molecule has 2 aliphatic heterocycles. The number of hydrogen-bond acceptors (Lipinski definition) is 4. The lowest BCUT2D eigenvalue weighted by Crippen LogP contribution is -2.37. The average molecular weight is 150 g/mol. The third-order valence-corrected chi connectivity index (χ3v) is 2.03. The van der Waals surface area contributed by atoms with E-state index in [1.807, 2.05) is 24.2 Å². The van der Waals surface area contributed by atoms with Crippen molar-refractivity contribution in [3.63, 3.8) is 0 Å². The number of amidine groups is 1. The third-order valence-electron chi connectivity index (χ3n) is 2.03. The van der Waals surface area contributed by atoms with Crippen LogP contribution in [0.2, 0.25) is 0 Å². The Morgan fingerprint density at radius 2 is 2.45 bits per heavy atom. The predicted octanol–water partition coefficient (Wildman–Crippen LogP) is -0.213. The Hall–Kier alpha value is -1.32. The minimum atomic E-state index is 0.146. The second-order valence-corrected chi connectivity index (χ2v) is 2.76. The van der Waals surface area contributed by atoms with Crippen LogP contribution < -0.4 is 5.73 Å². The van der Waals surface area contributed by atoms with Crippen molar-refractivity contribution in [2.75, 3.05) is 7.05 Å². The fourth-order valence-corrected chi connectivity index (χ4v) is 1.37. The van der Waals surface area contributed by atoms with Gasteiger partial charge in [0.05, 0.1) is 5.92 Å². The monoisotopic (exact) mass is 150 g/mol. The topological polar surface area (TPSA) is 54.0 Å². The largest absolute Gasteiger partial charge is 0.386 e. The van der Waals surface area contributed by atoms with E-state index < -0.39 is 0 Å². The van der Waals surface area contributed by atoms with Crippen molar-refractivity contribution in [1.29, 1.82) is 0 Å². The molecule has 2 N–H and O–H groups in total. The molecule has 4 heteroatoms. The van der Waals surface area contributed by atoms with E-state index in [1.54, 1.807) is 0 Å². The summed E-state index contributed by atoms with van der Waals surface area (Å²) in [4.78, 5) is 10.2. The second kappa shape index (κ2) is 2.08. The quantitative estimate of drug-likeness (QED) is 0.519. The summed E-state index contributed by atoms with van der Waals surface area (Å²) in [7, 11) is 1.98. The maximum absolute atomic E-state index is 5.66. The standard InChI is InChI=1S/C7H10N4/c1-11-3-2-5-6(8)9-4-10-7(5)11/h2-5,7H,1H3,(H2,8,9,10). The van der Waals surface area contributed by atoms with Crippen molar-refractivity contribution < 1.29 is 0 Å². The van der Waals surface area contributed by atoms with Crippen LogP contribution in [0.1, 0.15) is 0 Å². The number of aliphatic imine (C=N–C) groups is 2. The number of rotatable bonds is 0. The second-order valence-electron chi connectivity index (χ2n) is 2.76. The molecule has 2 heterocycles. The molecule has 0 saturated heterocycles. The first-order valence-corrected chi connectivity index (χ1v) is 3.54. The van der Waals surface area contributed by atoms with Crippen LogP contribution in [0.3, 0.4) is 0 Å². The van der Waals surface area contributed by atoms with Crippen molar-refractivity contribution in [3.05, 3.63) is 12.3 Å². The molecule has 0 saturated carbocycles. The maximum Gasteiger partial charge on any atom is 0.135 e. The maximum atomic E-state index is 5.66. The molecular formula is C7H10N4. The smallest absolute Gasteiger partial charge is 0.135 e. The molecule has 0 fully saturated rings. The van der Waals surface area contributed by atoms with Gasteiger partial charge in [-0.1, -0.05) is 6.08 Å². The van der Waals surface area contributed by atoms with Gasteiger partial charge in [-0.2, -0.15) is 0 Å². The van der Waals surface area contributed by atoms with Crippen LogP contribution >= 0.6 is 0 Å². The van der Waals surface area contributed by atoms with Crippen molar-refractivity contribution in [3.8, 4) is 0 Å². The summed E-state index contributed by atoms with van der Waals surface area (Å²) in [6.07, 6.45) is 5.69. The van der Waals surface area contributed by atoms with Gasteiger partial charge in [0, 0.05) is 7.05 Å². The summed E-state index contributed by atoms with van der Waals surface area (Å²) < 4.78 is 0. The summed E-state index contributed by atoms with van der Waals surface area (Å²) in [6.45, 7) is 0. The van der Waals surface area contributed by atoms with Crippen LogP contribution in [0.4, 0.5) is 0 Å². The minimum Gasteiger partial charge on any atom is -0.386 e. The molecule has 11 heavy (non-hydrogen) atoms. The van der Waals surface area contributed by atoms with Crippen LogP contribution in [-0.4, -0.2) is 30.3 Å². The zero-order chi connectivity index (χ0) is 7.84. The van der Waals surface area contributed by atoms with E-state index in [1.165, 1.54) is 6.34 Å². The molecule has 2 aliphatic rings. The molecule has 0 radical (unpaired) electrons. The van der Waals surface area contributed by atoms with Crippen LogP contribution in [0.5, 0.6) is 0 Å². The molecule has 4 nitrogen and oxygen atoms in total. The molecule has 0 bridgehead atoms. The van der Waals surface area contributed by atoms with E-state index >= 15 is 0 Å².